The lowest BCUT2D eigenvalue weighted by Crippen LogP contribution is -2.60. The number of anilines is 2. The van der Waals surface area contributed by atoms with Crippen LogP contribution < -0.4 is 19.3 Å². The van der Waals surface area contributed by atoms with Crippen molar-refractivity contribution in [1.29, 1.82) is 0 Å². The SMILES string of the molecule is COc1cc(O)c(C2C3=CCC4C(=O)N(c5ccc(N=Nc6ccc(N(C)C)cc6)cc5)C(=O)C4C3CC3(Cl)C(=O)N(CBr)C(=O)C23Cl)c(OC)c1. The molecular formula is C37H34BrCl2N5O7. The molecule has 52 heavy (non-hydrogen) atoms. The van der Waals surface area contributed by atoms with E-state index in [2.05, 4.69) is 26.2 Å². The maximum Gasteiger partial charge on any atom is 0.254 e. The largest absolute Gasteiger partial charge is 0.507 e. The van der Waals surface area contributed by atoms with Crippen molar-refractivity contribution in [3.63, 3.8) is 0 Å². The molecule has 15 heteroatoms. The number of alkyl halides is 3. The zero-order valence-electron chi connectivity index (χ0n) is 28.5. The van der Waals surface area contributed by atoms with Crippen molar-refractivity contribution in [2.24, 2.45) is 28.0 Å². The number of amides is 4. The van der Waals surface area contributed by atoms with E-state index in [1.54, 1.807) is 30.3 Å². The smallest absolute Gasteiger partial charge is 0.254 e. The summed E-state index contributed by atoms with van der Waals surface area (Å²) in [6, 6.07) is 17.1. The number of ether oxygens (including phenoxy) is 2. The van der Waals surface area contributed by atoms with Gasteiger partial charge in [0.25, 0.3) is 11.8 Å². The van der Waals surface area contributed by atoms with Gasteiger partial charge in [0, 0.05) is 43.4 Å². The molecular weight excluding hydrogens is 777 g/mol. The van der Waals surface area contributed by atoms with Gasteiger partial charge in [0.05, 0.1) is 48.6 Å². The highest BCUT2D eigenvalue weighted by molar-refractivity contribution is 9.09. The van der Waals surface area contributed by atoms with E-state index in [9.17, 15) is 24.3 Å². The summed E-state index contributed by atoms with van der Waals surface area (Å²) in [5, 5.41) is 20.0. The number of phenolic OH excluding ortho intramolecular Hbond substituents is 1. The van der Waals surface area contributed by atoms with Gasteiger partial charge in [-0.1, -0.05) is 27.6 Å². The maximum absolute atomic E-state index is 14.4. The molecule has 6 unspecified atom stereocenters. The molecule has 2 aliphatic heterocycles. The van der Waals surface area contributed by atoms with Crippen molar-refractivity contribution in [3.8, 4) is 17.2 Å². The molecule has 3 aromatic rings. The number of carbonyl (C=O) groups excluding carboxylic acids is 4. The fourth-order valence-electron chi connectivity index (χ4n) is 8.09. The second-order valence-electron chi connectivity index (χ2n) is 13.4. The van der Waals surface area contributed by atoms with Gasteiger partial charge in [0.2, 0.25) is 11.8 Å². The van der Waals surface area contributed by atoms with Gasteiger partial charge < -0.3 is 19.5 Å². The van der Waals surface area contributed by atoms with Gasteiger partial charge >= 0.3 is 0 Å². The summed E-state index contributed by atoms with van der Waals surface area (Å²) in [6.45, 7) is 0. The Kier molecular flexibility index (Phi) is 9.11. The third kappa shape index (κ3) is 5.22. The average molecular weight is 812 g/mol. The second-order valence-corrected chi connectivity index (χ2v) is 15.1. The van der Waals surface area contributed by atoms with E-state index < -0.39 is 57.0 Å². The van der Waals surface area contributed by atoms with Crippen LogP contribution in [0.1, 0.15) is 24.3 Å². The number of imide groups is 2. The number of azo groups is 1. The molecule has 3 aromatic carbocycles. The molecule has 7 rings (SSSR count). The van der Waals surface area contributed by atoms with Gasteiger partial charge in [-0.05, 0) is 67.3 Å². The highest BCUT2D eigenvalue weighted by atomic mass is 79.9. The van der Waals surface area contributed by atoms with Crippen molar-refractivity contribution in [2.45, 2.75) is 28.5 Å². The van der Waals surface area contributed by atoms with Gasteiger partial charge in [0.15, 0.2) is 9.75 Å². The third-order valence-corrected chi connectivity index (χ3v) is 12.5. The summed E-state index contributed by atoms with van der Waals surface area (Å²) in [7, 11) is 6.71. The second kappa shape index (κ2) is 13.2. The average Bonchev–Trinajstić information content (AvgIpc) is 3.48. The third-order valence-electron chi connectivity index (χ3n) is 10.6. The van der Waals surface area contributed by atoms with Crippen LogP contribution >= 0.6 is 39.1 Å². The Morgan fingerprint density at radius 3 is 2.12 bits per heavy atom. The highest BCUT2D eigenvalue weighted by Crippen LogP contribution is 2.67. The Morgan fingerprint density at radius 1 is 0.904 bits per heavy atom. The number of carbonyl (C=O) groups is 4. The first kappa shape index (κ1) is 35.9. The van der Waals surface area contributed by atoms with Crippen LogP contribution in [-0.2, 0) is 19.2 Å². The minimum atomic E-state index is -2.11. The Morgan fingerprint density at radius 2 is 1.54 bits per heavy atom. The lowest BCUT2D eigenvalue weighted by molar-refractivity contribution is -0.138. The molecule has 2 heterocycles. The molecule has 4 amide bonds. The summed E-state index contributed by atoms with van der Waals surface area (Å²) < 4.78 is 11.0. The lowest BCUT2D eigenvalue weighted by Gasteiger charge is -2.51. The summed E-state index contributed by atoms with van der Waals surface area (Å²) in [5.41, 5.74) is 3.02. The fourth-order valence-corrected chi connectivity index (χ4v) is 9.50. The van der Waals surface area contributed by atoms with E-state index in [1.165, 1.54) is 26.4 Å². The predicted molar refractivity (Wildman–Crippen MR) is 198 cm³/mol. The van der Waals surface area contributed by atoms with Crippen molar-refractivity contribution in [1.82, 2.24) is 4.90 Å². The number of fused-ring (bicyclic) bond motifs is 4. The van der Waals surface area contributed by atoms with Crippen molar-refractivity contribution >= 4 is 85.5 Å². The number of nitrogens with zero attached hydrogens (tertiary/aromatic N) is 5. The topological polar surface area (TPSA) is 141 Å². The van der Waals surface area contributed by atoms with Crippen LogP contribution in [0.3, 0.4) is 0 Å². The summed E-state index contributed by atoms with van der Waals surface area (Å²) in [5.74, 6) is -5.95. The van der Waals surface area contributed by atoms with Crippen LogP contribution in [0.4, 0.5) is 22.7 Å². The fraction of sp³-hybridized carbons (Fsp3) is 0.351. The van der Waals surface area contributed by atoms with Crippen molar-refractivity contribution < 1.29 is 33.8 Å². The van der Waals surface area contributed by atoms with Crippen molar-refractivity contribution in [3.05, 3.63) is 77.9 Å². The number of hydrogen-bond donors (Lipinski definition) is 1. The predicted octanol–water partition coefficient (Wildman–Crippen LogP) is 6.81. The lowest BCUT2D eigenvalue weighted by atomic mass is 9.56. The van der Waals surface area contributed by atoms with E-state index in [0.29, 0.717) is 22.6 Å². The van der Waals surface area contributed by atoms with Gasteiger partial charge in [-0.2, -0.15) is 10.2 Å². The number of phenols is 1. The molecule has 0 spiro atoms. The Balaban J connectivity index is 1.25. The van der Waals surface area contributed by atoms with E-state index in [1.807, 2.05) is 43.3 Å². The number of methoxy groups -OCH3 is 2. The molecule has 0 aromatic heterocycles. The summed E-state index contributed by atoms with van der Waals surface area (Å²) in [4.78, 5) is 56.5. The van der Waals surface area contributed by atoms with Crippen LogP contribution in [-0.4, -0.2) is 77.2 Å². The van der Waals surface area contributed by atoms with Crippen LogP contribution in [0.15, 0.2) is 82.5 Å². The van der Waals surface area contributed by atoms with Gasteiger partial charge in [-0.3, -0.25) is 29.0 Å². The maximum atomic E-state index is 14.4. The first-order valence-corrected chi connectivity index (χ1v) is 18.3. The number of benzene rings is 3. The number of hydrogen-bond acceptors (Lipinski definition) is 10. The number of rotatable bonds is 8. The zero-order chi connectivity index (χ0) is 37.3. The summed E-state index contributed by atoms with van der Waals surface area (Å²) >= 11 is 17.9. The highest BCUT2D eigenvalue weighted by Gasteiger charge is 2.76. The van der Waals surface area contributed by atoms with Crippen molar-refractivity contribution in [2.75, 3.05) is 43.6 Å². The molecule has 270 valence electrons. The molecule has 12 nitrogen and oxygen atoms in total. The first-order chi connectivity index (χ1) is 24.8. The molecule has 0 radical (unpaired) electrons. The zero-order valence-corrected chi connectivity index (χ0v) is 31.6. The normalized spacial score (nSPS) is 28.2. The quantitative estimate of drug-likeness (QED) is 0.0861. The van der Waals surface area contributed by atoms with Crippen LogP contribution in [0.2, 0.25) is 0 Å². The Hall–Kier alpha value is -4.46. The Bertz CT molecular complexity index is 2060. The molecule has 0 bridgehead atoms. The molecule has 2 aliphatic carbocycles. The van der Waals surface area contributed by atoms with E-state index in [4.69, 9.17) is 32.7 Å². The van der Waals surface area contributed by atoms with Crippen LogP contribution in [0.5, 0.6) is 17.2 Å². The van der Waals surface area contributed by atoms with Gasteiger partial charge in [-0.25, -0.2) is 0 Å². The first-order valence-electron chi connectivity index (χ1n) is 16.4. The molecule has 6 atom stereocenters. The van der Waals surface area contributed by atoms with Gasteiger partial charge in [-0.15, -0.1) is 23.2 Å². The standard InChI is InChI=1S/C37H34BrCl2N5O7/c1-43(2)21-9-5-19(6-10-21)41-42-20-7-11-22(12-8-20)45-32(47)25-14-13-24-26(29(25)33(45)48)17-36(39)34(49)44(18-38)35(50)37(36,40)31(24)30-27(46)15-23(51-3)16-28(30)52-4/h5-13,15-16,25-26,29,31,46H,14,17-18H2,1-4H3. The number of allylic oxidation sites excluding steroid dienone is 2. The van der Waals surface area contributed by atoms with Crippen LogP contribution in [0.25, 0.3) is 0 Å². The van der Waals surface area contributed by atoms with Gasteiger partial charge in [0.1, 0.15) is 17.2 Å². The molecule has 4 aliphatic rings. The van der Waals surface area contributed by atoms with Crippen LogP contribution in [0, 0.1) is 17.8 Å². The van der Waals surface area contributed by atoms with E-state index in [-0.39, 0.29) is 41.1 Å². The summed E-state index contributed by atoms with van der Waals surface area (Å²) in [6.07, 6.45) is 1.74. The molecule has 2 saturated heterocycles. The van der Waals surface area contributed by atoms with E-state index in [0.717, 1.165) is 15.5 Å². The Labute approximate surface area is 318 Å². The van der Waals surface area contributed by atoms with E-state index >= 15 is 0 Å². The molecule has 3 fully saturated rings. The minimum absolute atomic E-state index is 0.113. The number of halogens is 3. The minimum Gasteiger partial charge on any atom is -0.507 e. The number of likely N-dealkylation sites (tertiary alicyclic amines) is 1. The monoisotopic (exact) mass is 809 g/mol. The molecule has 1 N–H and O–H groups in total. The number of aromatic hydroxyl groups is 1. The molecule has 1 saturated carbocycles.